The van der Waals surface area contributed by atoms with Crippen molar-refractivity contribution in [1.29, 1.82) is 0 Å². The molecular weight excluding hydrogens is 159 g/mol. The monoisotopic (exact) mass is 165 g/mol. The average molecular weight is 165 g/mol. The van der Waals surface area contributed by atoms with Crippen molar-refractivity contribution in [2.45, 2.75) is 12.6 Å². The Kier molecular flexibility index (Phi) is 1.46. The molecule has 0 bridgehead atoms. The molecule has 1 unspecified atom stereocenters. The first-order chi connectivity index (χ1) is 5.72. The van der Waals surface area contributed by atoms with Crippen LogP contribution >= 0.6 is 0 Å². The molecule has 2 nitrogen and oxygen atoms in total. The normalized spacial score (nSPS) is 28.2. The number of Topliss-reactive ketones (excluding diaryl/α,β-unsaturated/α-hetero) is 2. The van der Waals surface area contributed by atoms with Gasteiger partial charge in [0.2, 0.25) is 17.7 Å². The van der Waals surface area contributed by atoms with Crippen molar-refractivity contribution >= 4 is 11.6 Å². The summed E-state index contributed by atoms with van der Waals surface area (Å²) in [7, 11) is 0. The number of allylic oxidation sites excluding steroid dienone is 4. The number of carbonyl (C=O) groups excluding carboxylic acids is 2. The Bertz CT molecular complexity index is 325. The Morgan fingerprint density at radius 2 is 1.92 bits per heavy atom. The zero-order chi connectivity index (χ0) is 8.72. The van der Waals surface area contributed by atoms with Crippen molar-refractivity contribution in [2.75, 3.05) is 0 Å². The van der Waals surface area contributed by atoms with Crippen LogP contribution in [0.5, 0.6) is 0 Å². The van der Waals surface area contributed by atoms with E-state index >= 15 is 0 Å². The molecule has 0 aromatic rings. The molecule has 0 heterocycles. The zero-order valence-corrected chi connectivity index (χ0v) is 6.21. The van der Waals surface area contributed by atoms with E-state index in [4.69, 9.17) is 0 Å². The summed E-state index contributed by atoms with van der Waals surface area (Å²) in [4.78, 5) is 22.1. The van der Waals surface area contributed by atoms with Crippen molar-refractivity contribution in [1.82, 2.24) is 0 Å². The third kappa shape index (κ3) is 0.793. The van der Waals surface area contributed by atoms with Gasteiger partial charge in [-0.1, -0.05) is 12.2 Å². The molecule has 0 saturated carbocycles. The summed E-state index contributed by atoms with van der Waals surface area (Å²) >= 11 is 0. The van der Waals surface area contributed by atoms with E-state index in [0.29, 0.717) is 6.42 Å². The van der Waals surface area contributed by atoms with E-state index in [1.165, 1.54) is 6.08 Å². The first-order valence-electron chi connectivity index (χ1n) is 3.68. The van der Waals surface area contributed by atoms with Crippen LogP contribution in [0.3, 0.4) is 0 Å². The Balaban J connectivity index is 2.49. The molecule has 0 aromatic carbocycles. The molecule has 61 valence electrons. The number of hydrogen-bond donors (Lipinski definition) is 0. The molecule has 0 saturated heterocycles. The Morgan fingerprint density at radius 3 is 2.58 bits per heavy atom. The second kappa shape index (κ2) is 2.37. The maximum atomic E-state index is 12.8. The minimum atomic E-state index is -1.95. The van der Waals surface area contributed by atoms with Gasteiger partial charge in [-0.2, -0.15) is 0 Å². The summed E-state index contributed by atoms with van der Waals surface area (Å²) in [6.07, 6.45) is 3.51. The number of carbonyl (C=O) groups is 2. The third-order valence-corrected chi connectivity index (χ3v) is 2.02. The van der Waals surface area contributed by atoms with E-state index in [9.17, 15) is 14.0 Å². The minimum Gasteiger partial charge on any atom is -0.291 e. The van der Waals surface area contributed by atoms with Gasteiger partial charge in [-0.3, -0.25) is 9.59 Å². The standard InChI is InChI=1S/C9H6FO2/c10-7-8(11)5-3-1-2-4-6(5)9(7)12/h1,3-4,7H,2H2. The Morgan fingerprint density at radius 1 is 1.25 bits per heavy atom. The van der Waals surface area contributed by atoms with Crippen molar-refractivity contribution in [3.8, 4) is 0 Å². The Hall–Kier alpha value is -1.25. The van der Waals surface area contributed by atoms with Gasteiger partial charge < -0.3 is 0 Å². The highest BCUT2D eigenvalue weighted by atomic mass is 19.1. The van der Waals surface area contributed by atoms with Crippen LogP contribution in [-0.4, -0.2) is 17.7 Å². The van der Waals surface area contributed by atoms with Crippen molar-refractivity contribution in [3.63, 3.8) is 0 Å². The maximum absolute atomic E-state index is 12.8. The van der Waals surface area contributed by atoms with Gasteiger partial charge in [0.05, 0.1) is 0 Å². The zero-order valence-electron chi connectivity index (χ0n) is 6.21. The van der Waals surface area contributed by atoms with Gasteiger partial charge in [0.1, 0.15) is 0 Å². The first-order valence-corrected chi connectivity index (χ1v) is 3.68. The molecule has 0 fully saturated rings. The highest BCUT2D eigenvalue weighted by Gasteiger charge is 2.40. The first kappa shape index (κ1) is 7.40. The number of rotatable bonds is 0. The fourth-order valence-corrected chi connectivity index (χ4v) is 1.41. The smallest absolute Gasteiger partial charge is 0.225 e. The van der Waals surface area contributed by atoms with E-state index in [-0.39, 0.29) is 11.1 Å². The minimum absolute atomic E-state index is 0.235. The molecule has 0 amide bonds. The van der Waals surface area contributed by atoms with Gasteiger partial charge in [0.25, 0.3) is 0 Å². The quantitative estimate of drug-likeness (QED) is 0.500. The number of hydrogen-bond acceptors (Lipinski definition) is 2. The lowest BCUT2D eigenvalue weighted by Gasteiger charge is -2.02. The van der Waals surface area contributed by atoms with Gasteiger partial charge in [-0.25, -0.2) is 4.39 Å². The van der Waals surface area contributed by atoms with Crippen LogP contribution in [0.2, 0.25) is 0 Å². The van der Waals surface area contributed by atoms with Crippen LogP contribution in [0.4, 0.5) is 4.39 Å². The third-order valence-electron chi connectivity index (χ3n) is 2.02. The van der Waals surface area contributed by atoms with E-state index in [2.05, 4.69) is 0 Å². The molecule has 0 N–H and O–H groups in total. The predicted octanol–water partition coefficient (Wildman–Crippen LogP) is 0.937. The molecule has 3 heteroatoms. The van der Waals surface area contributed by atoms with Crippen molar-refractivity contribution < 1.29 is 14.0 Å². The van der Waals surface area contributed by atoms with E-state index in [0.717, 1.165) is 0 Å². The molecule has 2 rings (SSSR count). The lowest BCUT2D eigenvalue weighted by Crippen LogP contribution is -2.18. The van der Waals surface area contributed by atoms with E-state index in [1.807, 2.05) is 0 Å². The molecule has 12 heavy (non-hydrogen) atoms. The van der Waals surface area contributed by atoms with Crippen molar-refractivity contribution in [2.24, 2.45) is 0 Å². The molecule has 1 radical (unpaired) electrons. The number of alkyl halides is 1. The fraction of sp³-hybridized carbons (Fsp3) is 0.222. The Labute approximate surface area is 68.8 Å². The average Bonchev–Trinajstić information content (AvgIpc) is 2.33. The van der Waals surface area contributed by atoms with Crippen LogP contribution in [0.15, 0.2) is 23.3 Å². The van der Waals surface area contributed by atoms with Crippen LogP contribution in [-0.2, 0) is 9.59 Å². The SMILES string of the molecule is O=C1C2=C(C=CC[CH]2)C(=O)C1F. The summed E-state index contributed by atoms with van der Waals surface area (Å²) in [5.41, 5.74) is 0.494. The summed E-state index contributed by atoms with van der Waals surface area (Å²) in [5.74, 6) is -1.37. The molecule has 2 aliphatic carbocycles. The topological polar surface area (TPSA) is 34.1 Å². The van der Waals surface area contributed by atoms with Crippen LogP contribution in [0.25, 0.3) is 0 Å². The highest BCUT2D eigenvalue weighted by molar-refractivity contribution is 6.28. The molecule has 1 atom stereocenters. The van der Waals surface area contributed by atoms with Crippen molar-refractivity contribution in [3.05, 3.63) is 29.7 Å². The van der Waals surface area contributed by atoms with Gasteiger partial charge in [-0.15, -0.1) is 0 Å². The lowest BCUT2D eigenvalue weighted by atomic mass is 10.00. The van der Waals surface area contributed by atoms with Gasteiger partial charge in [0, 0.05) is 11.1 Å². The second-order valence-electron chi connectivity index (χ2n) is 2.76. The van der Waals surface area contributed by atoms with Gasteiger partial charge >= 0.3 is 0 Å². The van der Waals surface area contributed by atoms with Crippen LogP contribution in [0.1, 0.15) is 6.42 Å². The van der Waals surface area contributed by atoms with Crippen LogP contribution in [0, 0.1) is 6.42 Å². The molecule has 0 aliphatic heterocycles. The maximum Gasteiger partial charge on any atom is 0.225 e. The number of halogens is 1. The van der Waals surface area contributed by atoms with Gasteiger partial charge in [0.15, 0.2) is 0 Å². The lowest BCUT2D eigenvalue weighted by molar-refractivity contribution is -0.127. The molecular formula is C9H6FO2. The summed E-state index contributed by atoms with van der Waals surface area (Å²) in [6.45, 7) is 0. The largest absolute Gasteiger partial charge is 0.291 e. The van der Waals surface area contributed by atoms with Gasteiger partial charge in [-0.05, 0) is 12.8 Å². The fourth-order valence-electron chi connectivity index (χ4n) is 1.41. The van der Waals surface area contributed by atoms with E-state index in [1.54, 1.807) is 12.5 Å². The summed E-state index contributed by atoms with van der Waals surface area (Å²) < 4.78 is 12.8. The van der Waals surface area contributed by atoms with Crippen LogP contribution < -0.4 is 0 Å². The molecule has 2 aliphatic rings. The van der Waals surface area contributed by atoms with E-state index < -0.39 is 17.7 Å². The molecule has 0 aromatic heterocycles. The predicted molar refractivity (Wildman–Crippen MR) is 40.0 cm³/mol. The summed E-state index contributed by atoms with van der Waals surface area (Å²) in [6, 6.07) is 0. The highest BCUT2D eigenvalue weighted by Crippen LogP contribution is 2.29. The second-order valence-corrected chi connectivity index (χ2v) is 2.76. The summed E-state index contributed by atoms with van der Waals surface area (Å²) in [5, 5.41) is 0. The molecule has 0 spiro atoms. The number of ketones is 2.